The minimum absolute atomic E-state index is 0.440. The number of hydrogen-bond donors (Lipinski definition) is 1. The third-order valence-corrected chi connectivity index (χ3v) is 2.05. The minimum atomic E-state index is 0.440. The number of nitrogens with zero attached hydrogens (tertiary/aromatic N) is 1. The van der Waals surface area contributed by atoms with Gasteiger partial charge in [0.15, 0.2) is 0 Å². The van der Waals surface area contributed by atoms with E-state index in [0.717, 1.165) is 12.2 Å². The Balaban J connectivity index is 2.13. The summed E-state index contributed by atoms with van der Waals surface area (Å²) in [6, 6.07) is 10.0. The molecule has 0 bridgehead atoms. The van der Waals surface area contributed by atoms with E-state index in [1.165, 1.54) is 0 Å². The number of ether oxygens (including phenoxy) is 1. The standard InChI is InChI=1S/C9H10N2OS/c13-9-10-11(6-7-12-9)8-4-2-1-3-5-8/h1-5H,6-7H2,(H,10,13). The van der Waals surface area contributed by atoms with E-state index in [-0.39, 0.29) is 0 Å². The lowest BCUT2D eigenvalue weighted by atomic mass is 10.3. The Hall–Kier alpha value is -1.29. The lowest BCUT2D eigenvalue weighted by Gasteiger charge is -2.30. The molecule has 0 amide bonds. The van der Waals surface area contributed by atoms with Crippen molar-refractivity contribution in [2.24, 2.45) is 0 Å². The van der Waals surface area contributed by atoms with Gasteiger partial charge in [0.2, 0.25) is 0 Å². The lowest BCUT2D eigenvalue weighted by molar-refractivity contribution is 0.274. The number of thiocarbonyl (C=S) groups is 1. The largest absolute Gasteiger partial charge is 0.468 e. The van der Waals surface area contributed by atoms with Crippen LogP contribution in [0.15, 0.2) is 30.3 Å². The highest BCUT2D eigenvalue weighted by Crippen LogP contribution is 2.12. The molecule has 0 aliphatic carbocycles. The third-order valence-electron chi connectivity index (χ3n) is 1.84. The summed E-state index contributed by atoms with van der Waals surface area (Å²) in [5, 5.41) is 2.42. The van der Waals surface area contributed by atoms with Crippen molar-refractivity contribution < 1.29 is 4.74 Å². The fourth-order valence-corrected chi connectivity index (χ4v) is 1.42. The second-order valence-corrected chi connectivity index (χ2v) is 3.11. The topological polar surface area (TPSA) is 24.5 Å². The van der Waals surface area contributed by atoms with Crippen LogP contribution in [-0.4, -0.2) is 18.3 Å². The van der Waals surface area contributed by atoms with Crippen molar-refractivity contribution >= 4 is 23.1 Å². The maximum Gasteiger partial charge on any atom is 0.275 e. The van der Waals surface area contributed by atoms with Gasteiger partial charge in [-0.3, -0.25) is 10.4 Å². The quantitative estimate of drug-likeness (QED) is 0.681. The van der Waals surface area contributed by atoms with Crippen LogP contribution >= 0.6 is 12.2 Å². The summed E-state index contributed by atoms with van der Waals surface area (Å²) in [6.07, 6.45) is 0. The van der Waals surface area contributed by atoms with Crippen LogP contribution in [0.25, 0.3) is 0 Å². The molecule has 1 heterocycles. The molecule has 2 rings (SSSR count). The van der Waals surface area contributed by atoms with Crippen molar-refractivity contribution in [3.05, 3.63) is 30.3 Å². The zero-order chi connectivity index (χ0) is 9.10. The molecule has 68 valence electrons. The molecule has 0 unspecified atom stereocenters. The van der Waals surface area contributed by atoms with Crippen molar-refractivity contribution in [1.29, 1.82) is 0 Å². The van der Waals surface area contributed by atoms with Gasteiger partial charge in [-0.2, -0.15) is 0 Å². The van der Waals surface area contributed by atoms with Crippen LogP contribution in [0.5, 0.6) is 0 Å². The fourth-order valence-electron chi connectivity index (χ4n) is 1.23. The SMILES string of the molecule is S=C1NN(c2ccccc2)CCO1. The summed E-state index contributed by atoms with van der Waals surface area (Å²) in [5.41, 5.74) is 4.08. The first-order valence-electron chi connectivity index (χ1n) is 4.12. The number of nitrogens with one attached hydrogen (secondary N) is 1. The molecule has 1 fully saturated rings. The Kier molecular flexibility index (Phi) is 2.31. The summed E-state index contributed by atoms with van der Waals surface area (Å²) in [6.45, 7) is 1.45. The number of rotatable bonds is 1. The molecule has 3 nitrogen and oxygen atoms in total. The average Bonchev–Trinajstić information content (AvgIpc) is 2.19. The van der Waals surface area contributed by atoms with Crippen molar-refractivity contribution in [2.75, 3.05) is 18.2 Å². The highest BCUT2D eigenvalue weighted by atomic mass is 32.1. The van der Waals surface area contributed by atoms with Crippen LogP contribution in [0.4, 0.5) is 5.69 Å². The van der Waals surface area contributed by atoms with Gasteiger partial charge in [0, 0.05) is 0 Å². The zero-order valence-corrected chi connectivity index (χ0v) is 7.88. The molecule has 0 atom stereocenters. The van der Waals surface area contributed by atoms with E-state index < -0.39 is 0 Å². The molecule has 0 radical (unpaired) electrons. The third kappa shape index (κ3) is 1.89. The number of anilines is 1. The van der Waals surface area contributed by atoms with E-state index in [9.17, 15) is 0 Å². The van der Waals surface area contributed by atoms with Gasteiger partial charge in [-0.15, -0.1) is 0 Å². The summed E-state index contributed by atoms with van der Waals surface area (Å²) >= 11 is 4.91. The van der Waals surface area contributed by atoms with Crippen molar-refractivity contribution in [3.63, 3.8) is 0 Å². The molecule has 0 spiro atoms. The number of hydrazine groups is 1. The molecular weight excluding hydrogens is 184 g/mol. The van der Waals surface area contributed by atoms with Gasteiger partial charge >= 0.3 is 0 Å². The maximum atomic E-state index is 5.11. The average molecular weight is 194 g/mol. The molecule has 1 aromatic rings. The number of hydrogen-bond acceptors (Lipinski definition) is 3. The van der Waals surface area contributed by atoms with Gasteiger partial charge in [-0.05, 0) is 24.4 Å². The smallest absolute Gasteiger partial charge is 0.275 e. The van der Waals surface area contributed by atoms with E-state index in [4.69, 9.17) is 17.0 Å². The van der Waals surface area contributed by atoms with Crippen LogP contribution in [0.1, 0.15) is 0 Å². The first kappa shape index (κ1) is 8.31. The Morgan fingerprint density at radius 2 is 2.08 bits per heavy atom. The van der Waals surface area contributed by atoms with Crippen LogP contribution in [0.2, 0.25) is 0 Å². The van der Waals surface area contributed by atoms with Crippen molar-refractivity contribution in [2.45, 2.75) is 0 Å². The monoisotopic (exact) mass is 194 g/mol. The van der Waals surface area contributed by atoms with Gasteiger partial charge in [0.05, 0.1) is 12.2 Å². The van der Waals surface area contributed by atoms with Crippen LogP contribution < -0.4 is 10.4 Å². The highest BCUT2D eigenvalue weighted by molar-refractivity contribution is 7.80. The van der Waals surface area contributed by atoms with E-state index in [2.05, 4.69) is 5.43 Å². The Morgan fingerprint density at radius 3 is 2.77 bits per heavy atom. The lowest BCUT2D eigenvalue weighted by Crippen LogP contribution is -2.49. The first-order valence-corrected chi connectivity index (χ1v) is 4.53. The van der Waals surface area contributed by atoms with E-state index in [1.54, 1.807) is 0 Å². The summed E-state index contributed by atoms with van der Waals surface area (Å²) in [5.74, 6) is 0. The summed E-state index contributed by atoms with van der Waals surface area (Å²) in [4.78, 5) is 0. The number of benzene rings is 1. The Labute approximate surface area is 82.3 Å². The summed E-state index contributed by atoms with van der Waals surface area (Å²) in [7, 11) is 0. The molecule has 0 saturated carbocycles. The normalized spacial score (nSPS) is 16.3. The second kappa shape index (κ2) is 3.62. The molecular formula is C9H10N2OS. The van der Waals surface area contributed by atoms with Gasteiger partial charge in [0.1, 0.15) is 6.61 Å². The molecule has 1 N–H and O–H groups in total. The van der Waals surface area contributed by atoms with Crippen molar-refractivity contribution in [3.8, 4) is 0 Å². The van der Waals surface area contributed by atoms with Gasteiger partial charge in [-0.25, -0.2) is 0 Å². The zero-order valence-electron chi connectivity index (χ0n) is 7.06. The molecule has 4 heteroatoms. The summed E-state index contributed by atoms with van der Waals surface area (Å²) < 4.78 is 5.11. The first-order chi connectivity index (χ1) is 6.36. The fraction of sp³-hybridized carbons (Fsp3) is 0.222. The van der Waals surface area contributed by atoms with Crippen LogP contribution in [0.3, 0.4) is 0 Å². The van der Waals surface area contributed by atoms with Crippen LogP contribution in [-0.2, 0) is 4.74 Å². The molecule has 13 heavy (non-hydrogen) atoms. The predicted octanol–water partition coefficient (Wildman–Crippen LogP) is 1.31. The van der Waals surface area contributed by atoms with Crippen molar-refractivity contribution in [1.82, 2.24) is 5.43 Å². The highest BCUT2D eigenvalue weighted by Gasteiger charge is 2.13. The van der Waals surface area contributed by atoms with Gasteiger partial charge in [0.25, 0.3) is 5.17 Å². The Morgan fingerprint density at radius 1 is 1.31 bits per heavy atom. The molecule has 1 aliphatic heterocycles. The molecule has 0 aromatic heterocycles. The van der Waals surface area contributed by atoms with Crippen LogP contribution in [0, 0.1) is 0 Å². The van der Waals surface area contributed by atoms with E-state index in [1.807, 2.05) is 35.3 Å². The predicted molar refractivity (Wildman–Crippen MR) is 55.5 cm³/mol. The van der Waals surface area contributed by atoms with Gasteiger partial charge < -0.3 is 4.74 Å². The van der Waals surface area contributed by atoms with Gasteiger partial charge in [-0.1, -0.05) is 18.2 Å². The molecule has 1 aromatic carbocycles. The van der Waals surface area contributed by atoms with E-state index in [0.29, 0.717) is 11.8 Å². The second-order valence-electron chi connectivity index (χ2n) is 2.73. The molecule has 1 aliphatic rings. The minimum Gasteiger partial charge on any atom is -0.468 e. The number of para-hydroxylation sites is 1. The van der Waals surface area contributed by atoms with E-state index >= 15 is 0 Å². The Bertz CT molecular complexity index is 302. The molecule has 1 saturated heterocycles. The maximum absolute atomic E-state index is 5.11.